The van der Waals surface area contributed by atoms with Crippen molar-refractivity contribution in [3.05, 3.63) is 0 Å². The number of nitrogens with zero attached hydrogens (tertiary/aromatic N) is 1. The number of rotatable bonds is 3. The van der Waals surface area contributed by atoms with E-state index in [0.717, 1.165) is 19.3 Å². The predicted octanol–water partition coefficient (Wildman–Crippen LogP) is 0.647. The van der Waals surface area contributed by atoms with Crippen LogP contribution in [0.15, 0.2) is 0 Å². The first kappa shape index (κ1) is 11.5. The van der Waals surface area contributed by atoms with E-state index in [1.54, 1.807) is 6.07 Å². The van der Waals surface area contributed by atoms with Crippen molar-refractivity contribution in [1.29, 1.82) is 5.26 Å². The van der Waals surface area contributed by atoms with E-state index >= 15 is 0 Å². The van der Waals surface area contributed by atoms with Gasteiger partial charge >= 0.3 is 5.97 Å². The van der Waals surface area contributed by atoms with Crippen LogP contribution in [0.3, 0.4) is 0 Å². The minimum atomic E-state index is -1.31. The van der Waals surface area contributed by atoms with Crippen molar-refractivity contribution in [2.45, 2.75) is 32.1 Å². The minimum Gasteiger partial charge on any atom is -0.480 e. The molecule has 5 heteroatoms. The third-order valence-electron chi connectivity index (χ3n) is 3.17. The highest BCUT2D eigenvalue weighted by Gasteiger charge is 2.48. The zero-order valence-electron chi connectivity index (χ0n) is 8.40. The van der Waals surface area contributed by atoms with E-state index in [0.29, 0.717) is 12.8 Å². The molecule has 5 nitrogen and oxygen atoms in total. The molecule has 1 fully saturated rings. The molecule has 82 valence electrons. The van der Waals surface area contributed by atoms with Gasteiger partial charge in [-0.3, -0.25) is 9.59 Å². The Hall–Kier alpha value is -1.57. The summed E-state index contributed by atoms with van der Waals surface area (Å²) in [4.78, 5) is 22.3. The van der Waals surface area contributed by atoms with Gasteiger partial charge in [0.15, 0.2) is 5.92 Å². The van der Waals surface area contributed by atoms with Gasteiger partial charge in [0.2, 0.25) is 5.91 Å². The minimum absolute atomic E-state index is 0.410. The molecule has 0 aromatic rings. The van der Waals surface area contributed by atoms with E-state index in [1.807, 2.05) is 0 Å². The molecule has 0 aromatic carbocycles. The van der Waals surface area contributed by atoms with E-state index in [9.17, 15) is 9.59 Å². The molecule has 1 saturated carbocycles. The van der Waals surface area contributed by atoms with Gasteiger partial charge in [-0.2, -0.15) is 5.26 Å². The average Bonchev–Trinajstić information content (AvgIpc) is 2.19. The molecule has 1 aliphatic rings. The van der Waals surface area contributed by atoms with Crippen LogP contribution in [0.2, 0.25) is 0 Å². The van der Waals surface area contributed by atoms with Gasteiger partial charge in [-0.25, -0.2) is 0 Å². The van der Waals surface area contributed by atoms with Crippen molar-refractivity contribution < 1.29 is 14.7 Å². The van der Waals surface area contributed by atoms with E-state index in [1.165, 1.54) is 0 Å². The molecule has 0 aliphatic heterocycles. The molecule has 0 spiro atoms. The van der Waals surface area contributed by atoms with Gasteiger partial charge in [-0.15, -0.1) is 0 Å². The normalized spacial score (nSPS) is 21.3. The highest BCUT2D eigenvalue weighted by molar-refractivity contribution is 5.88. The molecule has 0 saturated heterocycles. The quantitative estimate of drug-likeness (QED) is 0.713. The molecular weight excluding hydrogens is 196 g/mol. The third-order valence-corrected chi connectivity index (χ3v) is 3.17. The fraction of sp³-hybridized carbons (Fsp3) is 0.700. The lowest BCUT2D eigenvalue weighted by atomic mass is 9.65. The van der Waals surface area contributed by atoms with E-state index in [-0.39, 0.29) is 0 Å². The number of primary amides is 1. The Morgan fingerprint density at radius 1 is 1.33 bits per heavy atom. The van der Waals surface area contributed by atoms with E-state index < -0.39 is 23.2 Å². The highest BCUT2D eigenvalue weighted by Crippen LogP contribution is 2.42. The number of hydrogen-bond donors (Lipinski definition) is 2. The maximum atomic E-state index is 11.4. The Morgan fingerprint density at radius 2 is 1.87 bits per heavy atom. The topological polar surface area (TPSA) is 104 Å². The first-order chi connectivity index (χ1) is 7.04. The number of carboxylic acids is 1. The zero-order valence-corrected chi connectivity index (χ0v) is 8.40. The molecule has 0 radical (unpaired) electrons. The summed E-state index contributed by atoms with van der Waals surface area (Å²) in [5.41, 5.74) is 4.11. The smallest absolute Gasteiger partial charge is 0.322 e. The summed E-state index contributed by atoms with van der Waals surface area (Å²) in [6, 6.07) is 1.69. The molecule has 1 amide bonds. The van der Waals surface area contributed by atoms with Crippen LogP contribution in [0.5, 0.6) is 0 Å². The van der Waals surface area contributed by atoms with Crippen LogP contribution < -0.4 is 5.73 Å². The van der Waals surface area contributed by atoms with Crippen LogP contribution in [0.4, 0.5) is 0 Å². The number of carboxylic acid groups (broad SMARTS) is 1. The van der Waals surface area contributed by atoms with Gasteiger partial charge in [0, 0.05) is 0 Å². The van der Waals surface area contributed by atoms with Crippen molar-refractivity contribution in [1.82, 2.24) is 0 Å². The monoisotopic (exact) mass is 210 g/mol. The van der Waals surface area contributed by atoms with Crippen molar-refractivity contribution in [2.75, 3.05) is 0 Å². The van der Waals surface area contributed by atoms with Gasteiger partial charge in [-0.05, 0) is 12.8 Å². The standard InChI is InChI=1S/C10H14N2O3/c11-6-7(8(13)14)10(9(12)15)4-2-1-3-5-10/h7H,1-5H2,(H2,12,15)(H,13,14). The molecule has 1 unspecified atom stereocenters. The number of hydrogen-bond acceptors (Lipinski definition) is 3. The number of carbonyl (C=O) groups is 2. The van der Waals surface area contributed by atoms with Crippen LogP contribution >= 0.6 is 0 Å². The maximum Gasteiger partial charge on any atom is 0.322 e. The van der Waals surface area contributed by atoms with Gasteiger partial charge in [-0.1, -0.05) is 19.3 Å². The summed E-state index contributed by atoms with van der Waals surface area (Å²) in [7, 11) is 0. The Kier molecular flexibility index (Phi) is 3.30. The van der Waals surface area contributed by atoms with Crippen LogP contribution in [0.1, 0.15) is 32.1 Å². The van der Waals surface area contributed by atoms with Crippen molar-refractivity contribution in [2.24, 2.45) is 17.1 Å². The SMILES string of the molecule is N#CC(C(=O)O)C1(C(N)=O)CCCCC1. The second kappa shape index (κ2) is 4.30. The molecule has 0 heterocycles. The summed E-state index contributed by atoms with van der Waals surface area (Å²) >= 11 is 0. The average molecular weight is 210 g/mol. The second-order valence-corrected chi connectivity index (χ2v) is 3.98. The van der Waals surface area contributed by atoms with Crippen molar-refractivity contribution >= 4 is 11.9 Å². The summed E-state index contributed by atoms with van der Waals surface area (Å²) in [6.45, 7) is 0. The molecule has 1 rings (SSSR count). The number of aliphatic carboxylic acids is 1. The van der Waals surface area contributed by atoms with Gasteiger partial charge in [0.25, 0.3) is 0 Å². The lowest BCUT2D eigenvalue weighted by Gasteiger charge is -2.35. The Balaban J connectivity index is 3.04. The molecule has 15 heavy (non-hydrogen) atoms. The fourth-order valence-electron chi connectivity index (χ4n) is 2.28. The molecule has 1 aliphatic carbocycles. The second-order valence-electron chi connectivity index (χ2n) is 3.98. The molecule has 0 aromatic heterocycles. The van der Waals surface area contributed by atoms with Gasteiger partial charge in [0.05, 0.1) is 11.5 Å². The van der Waals surface area contributed by atoms with Crippen LogP contribution in [-0.4, -0.2) is 17.0 Å². The Labute approximate surface area is 87.9 Å². The number of carbonyl (C=O) groups excluding carboxylic acids is 1. The zero-order chi connectivity index (χ0) is 11.5. The first-order valence-electron chi connectivity index (χ1n) is 4.97. The van der Waals surface area contributed by atoms with Gasteiger partial charge < -0.3 is 10.8 Å². The number of nitriles is 1. The summed E-state index contributed by atoms with van der Waals surface area (Å²) in [5.74, 6) is -3.22. The maximum absolute atomic E-state index is 11.4. The lowest BCUT2D eigenvalue weighted by molar-refractivity contribution is -0.150. The largest absolute Gasteiger partial charge is 0.480 e. The Morgan fingerprint density at radius 3 is 2.20 bits per heavy atom. The molecule has 0 bridgehead atoms. The van der Waals surface area contributed by atoms with Crippen molar-refractivity contribution in [3.63, 3.8) is 0 Å². The van der Waals surface area contributed by atoms with Crippen molar-refractivity contribution in [3.8, 4) is 6.07 Å². The van der Waals surface area contributed by atoms with Gasteiger partial charge in [0.1, 0.15) is 0 Å². The summed E-state index contributed by atoms with van der Waals surface area (Å²) < 4.78 is 0. The number of amides is 1. The fourth-order valence-corrected chi connectivity index (χ4v) is 2.28. The van der Waals surface area contributed by atoms with Crippen LogP contribution in [0.25, 0.3) is 0 Å². The molecular formula is C10H14N2O3. The van der Waals surface area contributed by atoms with E-state index in [4.69, 9.17) is 16.1 Å². The lowest BCUT2D eigenvalue weighted by Crippen LogP contribution is -2.47. The third kappa shape index (κ3) is 1.94. The first-order valence-corrected chi connectivity index (χ1v) is 4.97. The molecule has 1 atom stereocenters. The summed E-state index contributed by atoms with van der Waals surface area (Å²) in [5, 5.41) is 17.7. The van der Waals surface area contributed by atoms with Crippen LogP contribution in [0, 0.1) is 22.7 Å². The predicted molar refractivity (Wildman–Crippen MR) is 51.5 cm³/mol. The van der Waals surface area contributed by atoms with Crippen LogP contribution in [-0.2, 0) is 9.59 Å². The van der Waals surface area contributed by atoms with E-state index in [2.05, 4.69) is 0 Å². The Bertz CT molecular complexity index is 313. The molecule has 3 N–H and O–H groups in total. The number of nitrogens with two attached hydrogens (primary N) is 1. The highest BCUT2D eigenvalue weighted by atomic mass is 16.4. The summed E-state index contributed by atoms with van der Waals surface area (Å²) in [6.07, 6.45) is 3.30.